The molecular weight excluding hydrogens is 422 g/mol. The lowest BCUT2D eigenvalue weighted by atomic mass is 9.96. The highest BCUT2D eigenvalue weighted by molar-refractivity contribution is 6.37. The number of rotatable bonds is 3. The number of carboxylic acids is 2. The first-order chi connectivity index (χ1) is 15.4. The van der Waals surface area contributed by atoms with Gasteiger partial charge < -0.3 is 25.1 Å². The number of aromatic hydroxyl groups is 1. The SMILES string of the molecule is CC(=O)[O-].Cc1c2cc[n+](C)cc2c(C)c2c1[nH]c1ccc(O)c(N=C(C(=O)O)C(C)C)c12. The third-order valence-electron chi connectivity index (χ3n) is 5.57. The second-order valence-corrected chi connectivity index (χ2v) is 8.37. The van der Waals surface area contributed by atoms with Crippen LogP contribution < -0.4 is 9.67 Å². The van der Waals surface area contributed by atoms with E-state index in [9.17, 15) is 15.0 Å². The summed E-state index contributed by atoms with van der Waals surface area (Å²) in [5, 5.41) is 33.0. The predicted molar refractivity (Wildman–Crippen MR) is 126 cm³/mol. The van der Waals surface area contributed by atoms with Crippen molar-refractivity contribution in [3.63, 3.8) is 0 Å². The molecule has 33 heavy (non-hydrogen) atoms. The molecule has 0 amide bonds. The van der Waals surface area contributed by atoms with Crippen molar-refractivity contribution in [2.75, 3.05) is 0 Å². The van der Waals surface area contributed by atoms with E-state index in [0.717, 1.165) is 50.6 Å². The quantitative estimate of drug-likeness (QED) is 0.327. The maximum atomic E-state index is 11.7. The summed E-state index contributed by atoms with van der Waals surface area (Å²) in [6.07, 6.45) is 4.10. The van der Waals surface area contributed by atoms with E-state index in [2.05, 4.69) is 36.1 Å². The van der Waals surface area contributed by atoms with E-state index >= 15 is 0 Å². The summed E-state index contributed by atoms with van der Waals surface area (Å²) in [4.78, 5) is 28.5. The number of aliphatic carboxylic acids is 2. The van der Waals surface area contributed by atoms with E-state index in [0.29, 0.717) is 5.69 Å². The first-order valence-electron chi connectivity index (χ1n) is 10.5. The van der Waals surface area contributed by atoms with Crippen LogP contribution in [0.15, 0.2) is 35.6 Å². The first kappa shape index (κ1) is 23.7. The second-order valence-electron chi connectivity index (χ2n) is 8.37. The van der Waals surface area contributed by atoms with Gasteiger partial charge in [0.25, 0.3) is 0 Å². The summed E-state index contributed by atoms with van der Waals surface area (Å²) in [6, 6.07) is 5.46. The van der Waals surface area contributed by atoms with Crippen molar-refractivity contribution < 1.29 is 29.5 Å². The summed E-state index contributed by atoms with van der Waals surface area (Å²) < 4.78 is 2.01. The molecule has 0 bridgehead atoms. The zero-order valence-electron chi connectivity index (χ0n) is 19.5. The van der Waals surface area contributed by atoms with Crippen LogP contribution in [0.2, 0.25) is 0 Å². The Kier molecular flexibility index (Phi) is 6.39. The van der Waals surface area contributed by atoms with E-state index in [-0.39, 0.29) is 17.4 Å². The van der Waals surface area contributed by atoms with Gasteiger partial charge in [-0.25, -0.2) is 14.4 Å². The molecule has 0 fully saturated rings. The van der Waals surface area contributed by atoms with E-state index in [1.165, 1.54) is 0 Å². The normalized spacial score (nSPS) is 11.8. The van der Waals surface area contributed by atoms with Gasteiger partial charge in [0.05, 0.1) is 5.52 Å². The number of nitrogens with zero attached hydrogens (tertiary/aromatic N) is 2. The molecule has 0 radical (unpaired) electrons. The molecule has 8 nitrogen and oxygen atoms in total. The average Bonchev–Trinajstić information content (AvgIpc) is 3.10. The second kappa shape index (κ2) is 8.90. The van der Waals surface area contributed by atoms with Crippen LogP contribution >= 0.6 is 0 Å². The number of hydrogen-bond acceptors (Lipinski definition) is 5. The summed E-state index contributed by atoms with van der Waals surface area (Å²) in [6.45, 7) is 8.65. The minimum Gasteiger partial charge on any atom is -0.550 e. The smallest absolute Gasteiger partial charge is 0.350 e. The predicted octanol–water partition coefficient (Wildman–Crippen LogP) is 3.19. The number of carboxylic acid groups (broad SMARTS) is 2. The Labute approximate surface area is 190 Å². The maximum Gasteiger partial charge on any atom is 0.350 e. The third-order valence-corrected chi connectivity index (χ3v) is 5.57. The number of phenols is 1. The van der Waals surface area contributed by atoms with Crippen LogP contribution in [-0.2, 0) is 16.6 Å². The molecular formula is C25H27N3O5. The molecule has 0 saturated carbocycles. The number of hydrogen-bond donors (Lipinski definition) is 3. The molecule has 0 aliphatic rings. The van der Waals surface area contributed by atoms with Crippen molar-refractivity contribution >= 4 is 55.9 Å². The molecule has 0 aliphatic heterocycles. The number of carbonyl (C=O) groups is 2. The Morgan fingerprint density at radius 3 is 2.30 bits per heavy atom. The molecule has 8 heteroatoms. The lowest BCUT2D eigenvalue weighted by molar-refractivity contribution is -0.670. The van der Waals surface area contributed by atoms with Gasteiger partial charge in [0.1, 0.15) is 24.2 Å². The van der Waals surface area contributed by atoms with E-state index < -0.39 is 11.9 Å². The van der Waals surface area contributed by atoms with Gasteiger partial charge in [0.15, 0.2) is 12.4 Å². The Balaban J connectivity index is 0.000000709. The minimum atomic E-state index is -1.08. The van der Waals surface area contributed by atoms with Crippen LogP contribution in [0, 0.1) is 19.8 Å². The molecule has 0 atom stereocenters. The topological polar surface area (TPSA) is 130 Å². The molecule has 0 saturated heterocycles. The van der Waals surface area contributed by atoms with Crippen molar-refractivity contribution in [1.82, 2.24) is 4.98 Å². The van der Waals surface area contributed by atoms with Crippen LogP contribution in [0.5, 0.6) is 5.75 Å². The molecule has 172 valence electrons. The summed E-state index contributed by atoms with van der Waals surface area (Å²) in [5.41, 5.74) is 4.27. The van der Waals surface area contributed by atoms with Gasteiger partial charge >= 0.3 is 5.97 Å². The monoisotopic (exact) mass is 449 g/mol. The van der Waals surface area contributed by atoms with Crippen LogP contribution in [0.4, 0.5) is 5.69 Å². The fraction of sp³-hybridized carbons (Fsp3) is 0.280. The molecule has 0 unspecified atom stereocenters. The van der Waals surface area contributed by atoms with Crippen LogP contribution in [-0.4, -0.2) is 32.8 Å². The first-order valence-corrected chi connectivity index (χ1v) is 10.5. The number of aromatic amines is 1. The molecule has 0 spiro atoms. The molecule has 4 aromatic rings. The molecule has 2 heterocycles. The summed E-state index contributed by atoms with van der Waals surface area (Å²) >= 11 is 0. The van der Waals surface area contributed by atoms with Crippen LogP contribution in [0.1, 0.15) is 31.9 Å². The largest absolute Gasteiger partial charge is 0.550 e. The molecule has 4 rings (SSSR count). The van der Waals surface area contributed by atoms with Crippen molar-refractivity contribution in [3.05, 3.63) is 41.7 Å². The van der Waals surface area contributed by atoms with Gasteiger partial charge in [0, 0.05) is 39.6 Å². The number of aromatic nitrogens is 2. The number of fused-ring (bicyclic) bond motifs is 4. The number of carbonyl (C=O) groups excluding carboxylic acids is 1. The number of aryl methyl sites for hydroxylation is 3. The fourth-order valence-corrected chi connectivity index (χ4v) is 4.07. The van der Waals surface area contributed by atoms with Crippen molar-refractivity contribution in [2.45, 2.75) is 34.6 Å². The average molecular weight is 450 g/mol. The fourth-order valence-electron chi connectivity index (χ4n) is 4.07. The Morgan fingerprint density at radius 1 is 1.09 bits per heavy atom. The summed E-state index contributed by atoms with van der Waals surface area (Å²) in [5.74, 6) is -2.48. The van der Waals surface area contributed by atoms with Crippen molar-refractivity contribution in [3.8, 4) is 5.75 Å². The molecule has 3 N–H and O–H groups in total. The molecule has 2 aromatic carbocycles. The number of benzene rings is 2. The zero-order chi connectivity index (χ0) is 24.6. The van der Waals surface area contributed by atoms with E-state index in [1.807, 2.05) is 23.9 Å². The number of nitrogens with one attached hydrogen (secondary N) is 1. The highest BCUT2D eigenvalue weighted by atomic mass is 16.4. The third kappa shape index (κ3) is 4.37. The van der Waals surface area contributed by atoms with Crippen molar-refractivity contribution in [1.29, 1.82) is 0 Å². The zero-order valence-corrected chi connectivity index (χ0v) is 19.5. The van der Waals surface area contributed by atoms with Gasteiger partial charge in [-0.3, -0.25) is 0 Å². The van der Waals surface area contributed by atoms with E-state index in [1.54, 1.807) is 19.9 Å². The highest BCUT2D eigenvalue weighted by Crippen LogP contribution is 2.43. The van der Waals surface area contributed by atoms with Crippen molar-refractivity contribution in [2.24, 2.45) is 18.0 Å². The number of H-pyrrole nitrogens is 1. The number of pyridine rings is 1. The lowest BCUT2D eigenvalue weighted by Crippen LogP contribution is -2.26. The van der Waals surface area contributed by atoms with Gasteiger partial charge in [-0.15, -0.1) is 0 Å². The van der Waals surface area contributed by atoms with Gasteiger partial charge in [-0.1, -0.05) is 13.8 Å². The standard InChI is InChI=1S/C23H23N3O3.C2H4O2/c1-11(2)20(23(28)29)25-22-17(27)7-6-16-19(22)18-12(3)15-10-26(5)9-8-14(15)13(4)21(18)24-16;1-2(3)4/h6-11H,1-5H3,(H2,27,28,29);1H3,(H,3,4). The van der Waals surface area contributed by atoms with Crippen LogP contribution in [0.25, 0.3) is 32.6 Å². The molecule has 0 aliphatic carbocycles. The van der Waals surface area contributed by atoms with Crippen LogP contribution in [0.3, 0.4) is 0 Å². The van der Waals surface area contributed by atoms with E-state index in [4.69, 9.17) is 9.90 Å². The Bertz CT molecular complexity index is 1440. The summed E-state index contributed by atoms with van der Waals surface area (Å²) in [7, 11) is 1.98. The molecule has 2 aromatic heterocycles. The lowest BCUT2D eigenvalue weighted by Gasteiger charge is -2.10. The van der Waals surface area contributed by atoms with Gasteiger partial charge in [0.2, 0.25) is 0 Å². The number of phenolic OH excluding ortho intramolecular Hbond substituents is 1. The maximum absolute atomic E-state index is 11.7. The van der Waals surface area contributed by atoms with Gasteiger partial charge in [-0.2, -0.15) is 0 Å². The Hall–Kier alpha value is -3.94. The Morgan fingerprint density at radius 2 is 1.73 bits per heavy atom. The number of aliphatic imine (C=N–C) groups is 1. The minimum absolute atomic E-state index is 0.0173. The van der Waals surface area contributed by atoms with Gasteiger partial charge in [-0.05, 0) is 49.4 Å². The highest BCUT2D eigenvalue weighted by Gasteiger charge is 2.21.